The largest absolute Gasteiger partial charge is 0.466 e. The topological polar surface area (TPSA) is 83.0 Å². The Morgan fingerprint density at radius 1 is 1.32 bits per heavy atom. The van der Waals surface area contributed by atoms with Gasteiger partial charge >= 0.3 is 5.97 Å². The minimum Gasteiger partial charge on any atom is -0.466 e. The molecule has 1 aromatic carbocycles. The summed E-state index contributed by atoms with van der Waals surface area (Å²) in [5, 5.41) is 5.94. The predicted octanol–water partition coefficient (Wildman–Crippen LogP) is 2.40. The first-order valence-corrected chi connectivity index (χ1v) is 9.59. The van der Waals surface area contributed by atoms with Crippen molar-refractivity contribution in [3.8, 4) is 0 Å². The molecule has 0 saturated carbocycles. The molecule has 1 unspecified atom stereocenters. The minimum absolute atomic E-state index is 0. The maximum absolute atomic E-state index is 12.1. The lowest BCUT2D eigenvalue weighted by Gasteiger charge is -2.34. The first kappa shape index (κ1) is 24.2. The Bertz CT molecular complexity index is 681. The first-order chi connectivity index (χ1) is 13.1. The number of likely N-dealkylation sites (tertiary alicyclic amines) is 1. The van der Waals surface area contributed by atoms with Gasteiger partial charge < -0.3 is 20.3 Å². The van der Waals surface area contributed by atoms with E-state index in [-0.39, 0.29) is 41.8 Å². The number of hydrogen-bond donors (Lipinski definition) is 2. The highest BCUT2D eigenvalue weighted by Gasteiger charge is 2.28. The Balaban J connectivity index is 0.00000392. The summed E-state index contributed by atoms with van der Waals surface area (Å²) in [7, 11) is 1.62. The Morgan fingerprint density at radius 3 is 2.79 bits per heavy atom. The standard InChI is InChI=1S/C20H30N4O3.HI/c1-4-22-20(24-11-7-10-17(14-24)19(26)27-5-2)23-13-15-8-6-9-16(12-15)18(25)21-3;/h6,8-9,12,17H,4-5,7,10-11,13-14H2,1-3H3,(H,21,25)(H,22,23);1H. The zero-order valence-corrected chi connectivity index (χ0v) is 19.2. The number of ether oxygens (including phenoxy) is 1. The number of piperidine rings is 1. The number of benzene rings is 1. The number of nitrogens with zero attached hydrogens (tertiary/aromatic N) is 2. The molecule has 28 heavy (non-hydrogen) atoms. The van der Waals surface area contributed by atoms with E-state index in [0.717, 1.165) is 37.5 Å². The van der Waals surface area contributed by atoms with Crippen LogP contribution in [0.4, 0.5) is 0 Å². The van der Waals surface area contributed by atoms with Crippen LogP contribution < -0.4 is 10.6 Å². The van der Waals surface area contributed by atoms with E-state index in [2.05, 4.69) is 15.5 Å². The van der Waals surface area contributed by atoms with Crippen molar-refractivity contribution >= 4 is 41.8 Å². The number of carbonyl (C=O) groups is 2. The molecule has 1 amide bonds. The molecular weight excluding hydrogens is 471 g/mol. The lowest BCUT2D eigenvalue weighted by Crippen LogP contribution is -2.48. The third-order valence-electron chi connectivity index (χ3n) is 4.50. The zero-order chi connectivity index (χ0) is 19.6. The molecule has 1 aromatic rings. The van der Waals surface area contributed by atoms with Crippen LogP contribution in [0.5, 0.6) is 0 Å². The Kier molecular flexibility index (Phi) is 10.9. The fraction of sp³-hybridized carbons (Fsp3) is 0.550. The van der Waals surface area contributed by atoms with Crippen molar-refractivity contribution in [2.75, 3.05) is 33.3 Å². The summed E-state index contributed by atoms with van der Waals surface area (Å²) in [5.41, 5.74) is 1.58. The van der Waals surface area contributed by atoms with Gasteiger partial charge in [0.05, 0.1) is 19.1 Å². The van der Waals surface area contributed by atoms with Gasteiger partial charge in [-0.25, -0.2) is 4.99 Å². The van der Waals surface area contributed by atoms with Gasteiger partial charge in [-0.15, -0.1) is 24.0 Å². The lowest BCUT2D eigenvalue weighted by atomic mass is 9.98. The molecule has 156 valence electrons. The molecule has 7 nitrogen and oxygen atoms in total. The van der Waals surface area contributed by atoms with E-state index in [1.54, 1.807) is 13.1 Å². The van der Waals surface area contributed by atoms with Crippen LogP contribution in [-0.4, -0.2) is 56.0 Å². The average molecular weight is 502 g/mol. The van der Waals surface area contributed by atoms with E-state index >= 15 is 0 Å². The van der Waals surface area contributed by atoms with E-state index in [1.807, 2.05) is 32.0 Å². The van der Waals surface area contributed by atoms with Crippen LogP contribution in [-0.2, 0) is 16.1 Å². The molecule has 1 heterocycles. The Hall–Kier alpha value is -1.84. The van der Waals surface area contributed by atoms with Crippen LogP contribution in [0.15, 0.2) is 29.3 Å². The second-order valence-corrected chi connectivity index (χ2v) is 6.49. The molecule has 0 radical (unpaired) electrons. The summed E-state index contributed by atoms with van der Waals surface area (Å²) in [6, 6.07) is 7.45. The fourth-order valence-electron chi connectivity index (χ4n) is 3.17. The predicted molar refractivity (Wildman–Crippen MR) is 121 cm³/mol. The quantitative estimate of drug-likeness (QED) is 0.270. The van der Waals surface area contributed by atoms with Crippen LogP contribution in [0, 0.1) is 5.92 Å². The summed E-state index contributed by atoms with van der Waals surface area (Å²) in [4.78, 5) is 30.7. The number of amides is 1. The third-order valence-corrected chi connectivity index (χ3v) is 4.50. The molecule has 1 fully saturated rings. The molecule has 1 saturated heterocycles. The summed E-state index contributed by atoms with van der Waals surface area (Å²) in [6.45, 7) is 6.95. The molecule has 1 aliphatic rings. The van der Waals surface area contributed by atoms with E-state index in [1.165, 1.54) is 0 Å². The number of aliphatic imine (C=N–C) groups is 1. The smallest absolute Gasteiger partial charge is 0.310 e. The van der Waals surface area contributed by atoms with Gasteiger partial charge in [0.15, 0.2) is 5.96 Å². The summed E-state index contributed by atoms with van der Waals surface area (Å²) in [5.74, 6) is 0.438. The highest BCUT2D eigenvalue weighted by Crippen LogP contribution is 2.18. The highest BCUT2D eigenvalue weighted by molar-refractivity contribution is 14.0. The van der Waals surface area contributed by atoms with Crippen LogP contribution in [0.25, 0.3) is 0 Å². The molecule has 0 aliphatic carbocycles. The average Bonchev–Trinajstić information content (AvgIpc) is 2.71. The summed E-state index contributed by atoms with van der Waals surface area (Å²) in [6.07, 6.45) is 1.78. The van der Waals surface area contributed by atoms with Crippen molar-refractivity contribution in [2.45, 2.75) is 33.2 Å². The third kappa shape index (κ3) is 6.96. The molecule has 2 N–H and O–H groups in total. The van der Waals surface area contributed by atoms with Gasteiger partial charge in [-0.3, -0.25) is 9.59 Å². The SMILES string of the molecule is CCNC(=NCc1cccc(C(=O)NC)c1)N1CCCC(C(=O)OCC)C1.I. The number of rotatable bonds is 6. The van der Waals surface area contributed by atoms with Crippen LogP contribution in [0.3, 0.4) is 0 Å². The molecular formula is C20H31IN4O3. The monoisotopic (exact) mass is 502 g/mol. The number of guanidine groups is 1. The van der Waals surface area contributed by atoms with Gasteiger partial charge in [-0.05, 0) is 44.4 Å². The van der Waals surface area contributed by atoms with Crippen molar-refractivity contribution in [1.29, 1.82) is 0 Å². The van der Waals surface area contributed by atoms with Crippen molar-refractivity contribution in [3.63, 3.8) is 0 Å². The number of halogens is 1. The highest BCUT2D eigenvalue weighted by atomic mass is 127. The zero-order valence-electron chi connectivity index (χ0n) is 16.9. The Morgan fingerprint density at radius 2 is 2.11 bits per heavy atom. The minimum atomic E-state index is -0.128. The van der Waals surface area contributed by atoms with Crippen LogP contribution >= 0.6 is 24.0 Å². The van der Waals surface area contributed by atoms with E-state index in [9.17, 15) is 9.59 Å². The van der Waals surface area contributed by atoms with E-state index in [4.69, 9.17) is 9.73 Å². The van der Waals surface area contributed by atoms with Crippen molar-refractivity contribution in [1.82, 2.24) is 15.5 Å². The normalized spacial score (nSPS) is 16.8. The van der Waals surface area contributed by atoms with Gasteiger partial charge in [0.25, 0.3) is 5.91 Å². The van der Waals surface area contributed by atoms with E-state index in [0.29, 0.717) is 25.3 Å². The van der Waals surface area contributed by atoms with Gasteiger partial charge in [0.2, 0.25) is 0 Å². The maximum Gasteiger partial charge on any atom is 0.310 e. The molecule has 1 aliphatic heterocycles. The number of nitrogens with one attached hydrogen (secondary N) is 2. The number of hydrogen-bond acceptors (Lipinski definition) is 4. The Labute approximate surface area is 184 Å². The first-order valence-electron chi connectivity index (χ1n) is 9.59. The molecule has 0 aromatic heterocycles. The molecule has 8 heteroatoms. The summed E-state index contributed by atoms with van der Waals surface area (Å²) < 4.78 is 5.18. The summed E-state index contributed by atoms with van der Waals surface area (Å²) >= 11 is 0. The van der Waals surface area contributed by atoms with Gasteiger partial charge in [0.1, 0.15) is 0 Å². The van der Waals surface area contributed by atoms with Crippen molar-refractivity contribution in [3.05, 3.63) is 35.4 Å². The second-order valence-electron chi connectivity index (χ2n) is 6.49. The fourth-order valence-corrected chi connectivity index (χ4v) is 3.17. The molecule has 1 atom stereocenters. The van der Waals surface area contributed by atoms with Crippen molar-refractivity contribution < 1.29 is 14.3 Å². The van der Waals surface area contributed by atoms with Gasteiger partial charge in [-0.1, -0.05) is 12.1 Å². The molecule has 2 rings (SSSR count). The number of esters is 1. The lowest BCUT2D eigenvalue weighted by molar-refractivity contribution is -0.149. The number of carbonyl (C=O) groups excluding carboxylic acids is 2. The second kappa shape index (κ2) is 12.6. The maximum atomic E-state index is 12.1. The van der Waals surface area contributed by atoms with Gasteiger partial charge in [0, 0.05) is 32.2 Å². The van der Waals surface area contributed by atoms with Crippen LogP contribution in [0.1, 0.15) is 42.6 Å². The molecule has 0 spiro atoms. The van der Waals surface area contributed by atoms with E-state index < -0.39 is 0 Å². The van der Waals surface area contributed by atoms with Crippen LogP contribution in [0.2, 0.25) is 0 Å². The molecule has 0 bridgehead atoms. The van der Waals surface area contributed by atoms with Gasteiger partial charge in [-0.2, -0.15) is 0 Å². The van der Waals surface area contributed by atoms with Crippen molar-refractivity contribution in [2.24, 2.45) is 10.9 Å².